The van der Waals surface area contributed by atoms with Crippen LogP contribution in [0.3, 0.4) is 0 Å². The second kappa shape index (κ2) is 4.60. The number of nitrogens with two attached hydrogens (primary N) is 1. The first-order valence-corrected chi connectivity index (χ1v) is 4.75. The highest BCUT2D eigenvalue weighted by atomic mass is 79.9. The van der Waals surface area contributed by atoms with Crippen LogP contribution in [-0.2, 0) is 4.84 Å². The minimum atomic E-state index is 0.0856. The van der Waals surface area contributed by atoms with E-state index in [1.807, 2.05) is 19.1 Å². The molecule has 0 radical (unpaired) electrons. The minimum absolute atomic E-state index is 0.0856. The summed E-state index contributed by atoms with van der Waals surface area (Å²) in [5.41, 5.74) is 0.833. The van der Waals surface area contributed by atoms with Crippen LogP contribution in [0.2, 0.25) is 0 Å². The van der Waals surface area contributed by atoms with Crippen LogP contribution in [0.15, 0.2) is 22.7 Å². The number of phenols is 1. The maximum atomic E-state index is 9.65. The molecule has 1 rings (SSSR count). The highest BCUT2D eigenvalue weighted by Crippen LogP contribution is 2.32. The Morgan fingerprint density at radius 1 is 1.62 bits per heavy atom. The van der Waals surface area contributed by atoms with Crippen molar-refractivity contribution in [2.24, 2.45) is 5.90 Å². The van der Waals surface area contributed by atoms with E-state index in [9.17, 15) is 5.11 Å². The van der Waals surface area contributed by atoms with Gasteiger partial charge >= 0.3 is 0 Å². The quantitative estimate of drug-likeness (QED) is 0.803. The lowest BCUT2D eigenvalue weighted by molar-refractivity contribution is 0.126. The van der Waals surface area contributed by atoms with Gasteiger partial charge in [-0.05, 0) is 22.0 Å². The Hall–Kier alpha value is -0.580. The van der Waals surface area contributed by atoms with E-state index in [-0.39, 0.29) is 11.7 Å². The SMILES string of the molecule is CC(CON)c1cccc(Br)c1O. The van der Waals surface area contributed by atoms with Gasteiger partial charge in [0.25, 0.3) is 0 Å². The van der Waals surface area contributed by atoms with E-state index < -0.39 is 0 Å². The largest absolute Gasteiger partial charge is 0.506 e. The van der Waals surface area contributed by atoms with Gasteiger partial charge in [0.05, 0.1) is 11.1 Å². The Labute approximate surface area is 85.6 Å². The molecule has 0 fully saturated rings. The van der Waals surface area contributed by atoms with Gasteiger partial charge < -0.3 is 9.94 Å². The van der Waals surface area contributed by atoms with Crippen LogP contribution in [-0.4, -0.2) is 11.7 Å². The summed E-state index contributed by atoms with van der Waals surface area (Å²) in [6.07, 6.45) is 0. The fraction of sp³-hybridized carbons (Fsp3) is 0.333. The van der Waals surface area contributed by atoms with Crippen LogP contribution in [0, 0.1) is 0 Å². The molecule has 0 saturated heterocycles. The van der Waals surface area contributed by atoms with Crippen LogP contribution >= 0.6 is 15.9 Å². The van der Waals surface area contributed by atoms with Crippen LogP contribution in [0.4, 0.5) is 0 Å². The maximum absolute atomic E-state index is 9.65. The Bertz CT molecular complexity index is 291. The van der Waals surface area contributed by atoms with Crippen molar-refractivity contribution in [2.45, 2.75) is 12.8 Å². The van der Waals surface area contributed by atoms with E-state index in [4.69, 9.17) is 5.90 Å². The first kappa shape index (κ1) is 10.5. The minimum Gasteiger partial charge on any atom is -0.506 e. The predicted molar refractivity (Wildman–Crippen MR) is 54.4 cm³/mol. The highest BCUT2D eigenvalue weighted by Gasteiger charge is 2.11. The molecule has 3 N–H and O–H groups in total. The zero-order valence-electron chi connectivity index (χ0n) is 7.33. The second-order valence-electron chi connectivity index (χ2n) is 2.91. The van der Waals surface area contributed by atoms with Crippen LogP contribution in [0.1, 0.15) is 18.4 Å². The topological polar surface area (TPSA) is 55.5 Å². The number of halogens is 1. The number of aromatic hydroxyl groups is 1. The normalized spacial score (nSPS) is 12.8. The molecule has 0 heterocycles. The third-order valence-electron chi connectivity index (χ3n) is 1.90. The third-order valence-corrected chi connectivity index (χ3v) is 2.54. The van der Waals surface area contributed by atoms with Gasteiger partial charge in [-0.15, -0.1) is 0 Å². The van der Waals surface area contributed by atoms with Crippen molar-refractivity contribution in [3.8, 4) is 5.75 Å². The molecule has 0 bridgehead atoms. The van der Waals surface area contributed by atoms with E-state index >= 15 is 0 Å². The molecule has 0 spiro atoms. The summed E-state index contributed by atoms with van der Waals surface area (Å²) in [5, 5.41) is 9.65. The molecule has 3 nitrogen and oxygen atoms in total. The van der Waals surface area contributed by atoms with Crippen molar-refractivity contribution < 1.29 is 9.94 Å². The second-order valence-corrected chi connectivity index (χ2v) is 3.77. The summed E-state index contributed by atoms with van der Waals surface area (Å²) >= 11 is 3.24. The lowest BCUT2D eigenvalue weighted by Crippen LogP contribution is -2.08. The van der Waals surface area contributed by atoms with Crippen molar-refractivity contribution >= 4 is 15.9 Å². The molecule has 1 aromatic carbocycles. The molecular formula is C9H12BrNO2. The lowest BCUT2D eigenvalue weighted by Gasteiger charge is -2.12. The van der Waals surface area contributed by atoms with Gasteiger partial charge in [-0.3, -0.25) is 0 Å². The number of phenolic OH excluding ortho intramolecular Hbond substituents is 1. The first-order chi connectivity index (χ1) is 6.16. The molecule has 0 amide bonds. The molecule has 0 aliphatic rings. The molecule has 4 heteroatoms. The number of para-hydroxylation sites is 1. The summed E-state index contributed by atoms with van der Waals surface area (Å²) in [7, 11) is 0. The van der Waals surface area contributed by atoms with Gasteiger partial charge in [-0.1, -0.05) is 19.1 Å². The standard InChI is InChI=1S/C9H12BrNO2/c1-6(5-13-11)7-3-2-4-8(10)9(7)12/h2-4,6,12H,5,11H2,1H3. The Kier molecular flexibility index (Phi) is 3.71. The van der Waals surface area contributed by atoms with Gasteiger partial charge in [0.1, 0.15) is 5.75 Å². The molecule has 1 unspecified atom stereocenters. The van der Waals surface area contributed by atoms with Crippen molar-refractivity contribution in [3.05, 3.63) is 28.2 Å². The molecule has 1 aromatic rings. The first-order valence-electron chi connectivity index (χ1n) is 3.96. The molecule has 0 aliphatic heterocycles. The summed E-state index contributed by atoms with van der Waals surface area (Å²) in [6.45, 7) is 2.33. The number of rotatable bonds is 3. The van der Waals surface area contributed by atoms with E-state index in [2.05, 4.69) is 20.8 Å². The molecule has 0 aliphatic carbocycles. The van der Waals surface area contributed by atoms with Crippen LogP contribution < -0.4 is 5.90 Å². The van der Waals surface area contributed by atoms with Crippen molar-refractivity contribution in [3.63, 3.8) is 0 Å². The van der Waals surface area contributed by atoms with Crippen molar-refractivity contribution in [2.75, 3.05) is 6.61 Å². The molecule has 72 valence electrons. The lowest BCUT2D eigenvalue weighted by atomic mass is 10.0. The van der Waals surface area contributed by atoms with E-state index in [1.54, 1.807) is 6.07 Å². The number of hydrogen-bond donors (Lipinski definition) is 2. The zero-order valence-corrected chi connectivity index (χ0v) is 8.91. The molecular weight excluding hydrogens is 234 g/mol. The maximum Gasteiger partial charge on any atom is 0.133 e. The fourth-order valence-electron chi connectivity index (χ4n) is 1.16. The van der Waals surface area contributed by atoms with Gasteiger partial charge in [0.2, 0.25) is 0 Å². The summed E-state index contributed by atoms with van der Waals surface area (Å²) < 4.78 is 0.689. The summed E-state index contributed by atoms with van der Waals surface area (Å²) in [4.78, 5) is 4.53. The predicted octanol–water partition coefficient (Wildman–Crippen LogP) is 2.15. The average molecular weight is 246 g/mol. The molecule has 0 saturated carbocycles. The Balaban J connectivity index is 2.93. The smallest absolute Gasteiger partial charge is 0.133 e. The average Bonchev–Trinajstić information content (AvgIpc) is 2.10. The van der Waals surface area contributed by atoms with Crippen LogP contribution in [0.5, 0.6) is 5.75 Å². The van der Waals surface area contributed by atoms with E-state index in [0.717, 1.165) is 5.56 Å². The highest BCUT2D eigenvalue weighted by molar-refractivity contribution is 9.10. The zero-order chi connectivity index (χ0) is 9.84. The molecule has 13 heavy (non-hydrogen) atoms. The van der Waals surface area contributed by atoms with E-state index in [0.29, 0.717) is 11.1 Å². The third kappa shape index (κ3) is 2.43. The molecule has 0 aromatic heterocycles. The van der Waals surface area contributed by atoms with Crippen LogP contribution in [0.25, 0.3) is 0 Å². The Morgan fingerprint density at radius 2 is 2.31 bits per heavy atom. The van der Waals surface area contributed by atoms with Crippen molar-refractivity contribution in [1.29, 1.82) is 0 Å². The van der Waals surface area contributed by atoms with Gasteiger partial charge in [-0.25, -0.2) is 5.90 Å². The number of hydrogen-bond acceptors (Lipinski definition) is 3. The van der Waals surface area contributed by atoms with Crippen molar-refractivity contribution in [1.82, 2.24) is 0 Å². The monoisotopic (exact) mass is 245 g/mol. The fourth-order valence-corrected chi connectivity index (χ4v) is 1.55. The molecule has 1 atom stereocenters. The van der Waals surface area contributed by atoms with Gasteiger partial charge in [0.15, 0.2) is 0 Å². The van der Waals surface area contributed by atoms with Gasteiger partial charge in [-0.2, -0.15) is 0 Å². The van der Waals surface area contributed by atoms with Gasteiger partial charge in [0, 0.05) is 11.5 Å². The summed E-state index contributed by atoms with van der Waals surface area (Å²) in [6, 6.07) is 5.50. The Morgan fingerprint density at radius 3 is 2.92 bits per heavy atom. The number of benzene rings is 1. The van der Waals surface area contributed by atoms with E-state index in [1.165, 1.54) is 0 Å². The summed E-state index contributed by atoms with van der Waals surface area (Å²) in [5.74, 6) is 5.30.